The molecule has 0 fully saturated rings. The zero-order valence-electron chi connectivity index (χ0n) is 11.4. The summed E-state index contributed by atoms with van der Waals surface area (Å²) in [5.41, 5.74) is 0.848. The van der Waals surface area contributed by atoms with E-state index in [9.17, 15) is 4.79 Å². The van der Waals surface area contributed by atoms with Gasteiger partial charge in [-0.25, -0.2) is 9.78 Å². The van der Waals surface area contributed by atoms with Crippen LogP contribution >= 0.6 is 12.2 Å². The number of hydrogen-bond acceptors (Lipinski definition) is 4. The fourth-order valence-corrected chi connectivity index (χ4v) is 2.46. The van der Waals surface area contributed by atoms with Crippen molar-refractivity contribution < 1.29 is 14.6 Å². The van der Waals surface area contributed by atoms with Crippen LogP contribution in [0.4, 0.5) is 10.6 Å². The Morgan fingerprint density at radius 3 is 2.86 bits per heavy atom. The Kier molecular flexibility index (Phi) is 3.88. The number of fused-ring (bicyclic) bond motifs is 1. The molecule has 2 aromatic rings. The van der Waals surface area contributed by atoms with Crippen LogP contribution in [0, 0.1) is 0 Å². The molecule has 0 bridgehead atoms. The van der Waals surface area contributed by atoms with Gasteiger partial charge in [0, 0.05) is 12.0 Å². The highest BCUT2D eigenvalue weighted by Crippen LogP contribution is 2.27. The fraction of sp³-hybridized carbons (Fsp3) is 0.133. The number of carbonyl (C=O) groups is 1. The first-order chi connectivity index (χ1) is 10.6. The SMILES string of the molecule is O=C(O)N[C@H]1Cc2cc(Oc3ccccc3)cnc2NC1=S. The van der Waals surface area contributed by atoms with Gasteiger partial charge in [0.25, 0.3) is 0 Å². The molecule has 1 aliphatic rings. The summed E-state index contributed by atoms with van der Waals surface area (Å²) in [5.74, 6) is 1.94. The number of rotatable bonds is 3. The number of benzene rings is 1. The Labute approximate surface area is 132 Å². The zero-order chi connectivity index (χ0) is 15.5. The van der Waals surface area contributed by atoms with Crippen LogP contribution in [0.1, 0.15) is 5.56 Å². The topological polar surface area (TPSA) is 83.5 Å². The van der Waals surface area contributed by atoms with Crippen molar-refractivity contribution in [2.75, 3.05) is 5.32 Å². The van der Waals surface area contributed by atoms with E-state index >= 15 is 0 Å². The molecule has 0 aliphatic carbocycles. The number of pyridine rings is 1. The van der Waals surface area contributed by atoms with Crippen LogP contribution in [-0.4, -0.2) is 27.2 Å². The smallest absolute Gasteiger partial charge is 0.405 e. The van der Waals surface area contributed by atoms with Gasteiger partial charge in [0.15, 0.2) is 0 Å². The molecule has 1 aromatic carbocycles. The van der Waals surface area contributed by atoms with Crippen LogP contribution in [0.15, 0.2) is 42.6 Å². The summed E-state index contributed by atoms with van der Waals surface area (Å²) in [4.78, 5) is 15.5. The van der Waals surface area contributed by atoms with Crippen LogP contribution in [0.25, 0.3) is 0 Å². The molecule has 0 spiro atoms. The highest BCUT2D eigenvalue weighted by Gasteiger charge is 2.25. The number of nitrogens with zero attached hydrogens (tertiary/aromatic N) is 1. The Morgan fingerprint density at radius 2 is 2.14 bits per heavy atom. The van der Waals surface area contributed by atoms with Gasteiger partial charge in [0.1, 0.15) is 22.3 Å². The zero-order valence-corrected chi connectivity index (χ0v) is 12.3. The molecule has 0 saturated heterocycles. The number of hydrogen-bond donors (Lipinski definition) is 3. The summed E-state index contributed by atoms with van der Waals surface area (Å²) in [7, 11) is 0. The molecule has 0 unspecified atom stereocenters. The van der Waals surface area contributed by atoms with E-state index in [4.69, 9.17) is 22.1 Å². The number of para-hydroxylation sites is 1. The summed E-state index contributed by atoms with van der Waals surface area (Å²) >= 11 is 5.15. The van der Waals surface area contributed by atoms with E-state index in [2.05, 4.69) is 15.6 Å². The molecule has 22 heavy (non-hydrogen) atoms. The van der Waals surface area contributed by atoms with E-state index in [0.29, 0.717) is 28.7 Å². The van der Waals surface area contributed by atoms with E-state index in [1.54, 1.807) is 6.20 Å². The highest BCUT2D eigenvalue weighted by atomic mass is 32.1. The molecular weight excluding hydrogens is 302 g/mol. The maximum absolute atomic E-state index is 10.8. The largest absolute Gasteiger partial charge is 0.465 e. The first-order valence-electron chi connectivity index (χ1n) is 6.64. The van der Waals surface area contributed by atoms with E-state index in [1.165, 1.54) is 0 Å². The van der Waals surface area contributed by atoms with Gasteiger partial charge in [-0.2, -0.15) is 0 Å². The Hall–Kier alpha value is -2.67. The molecule has 0 saturated carbocycles. The van der Waals surface area contributed by atoms with Gasteiger partial charge in [-0.05, 0) is 18.2 Å². The standard InChI is InChI=1S/C15H13N3O3S/c19-15(20)17-12-7-9-6-11(8-16-13(9)18-14(12)22)21-10-4-2-1-3-5-10/h1-6,8,12,17H,7H2,(H,19,20)(H,16,18,22)/t12-/m0/s1. The molecule has 1 amide bonds. The quantitative estimate of drug-likeness (QED) is 0.755. The average Bonchev–Trinajstić information content (AvgIpc) is 2.49. The van der Waals surface area contributed by atoms with E-state index in [1.807, 2.05) is 36.4 Å². The average molecular weight is 315 g/mol. The van der Waals surface area contributed by atoms with Crippen molar-refractivity contribution >= 4 is 29.1 Å². The Bertz CT molecular complexity index is 721. The molecule has 7 heteroatoms. The lowest BCUT2D eigenvalue weighted by molar-refractivity contribution is 0.192. The molecule has 0 radical (unpaired) electrons. The third-order valence-electron chi connectivity index (χ3n) is 3.20. The number of ether oxygens (including phenoxy) is 1. The monoisotopic (exact) mass is 315 g/mol. The lowest BCUT2D eigenvalue weighted by Crippen LogP contribution is -2.46. The first-order valence-corrected chi connectivity index (χ1v) is 7.05. The summed E-state index contributed by atoms with van der Waals surface area (Å²) < 4.78 is 5.73. The third-order valence-corrected chi connectivity index (χ3v) is 3.59. The minimum Gasteiger partial charge on any atom is -0.465 e. The molecule has 3 rings (SSSR count). The second kappa shape index (κ2) is 5.98. The maximum atomic E-state index is 10.8. The van der Waals surface area contributed by atoms with E-state index in [0.717, 1.165) is 5.56 Å². The third kappa shape index (κ3) is 3.15. The number of anilines is 1. The van der Waals surface area contributed by atoms with Gasteiger partial charge < -0.3 is 20.5 Å². The molecule has 3 N–H and O–H groups in total. The van der Waals surface area contributed by atoms with Crippen molar-refractivity contribution in [1.29, 1.82) is 0 Å². The van der Waals surface area contributed by atoms with Crippen molar-refractivity contribution in [3.8, 4) is 11.5 Å². The Morgan fingerprint density at radius 1 is 1.36 bits per heavy atom. The van der Waals surface area contributed by atoms with Crippen molar-refractivity contribution in [2.45, 2.75) is 12.5 Å². The van der Waals surface area contributed by atoms with Gasteiger partial charge in [0.2, 0.25) is 0 Å². The summed E-state index contributed by atoms with van der Waals surface area (Å²) in [6.45, 7) is 0. The van der Waals surface area contributed by atoms with Crippen LogP contribution in [0.3, 0.4) is 0 Å². The molecule has 1 atom stereocenters. The maximum Gasteiger partial charge on any atom is 0.405 e. The van der Waals surface area contributed by atoms with Crippen molar-refractivity contribution in [2.24, 2.45) is 0 Å². The predicted molar refractivity (Wildman–Crippen MR) is 85.6 cm³/mol. The van der Waals surface area contributed by atoms with E-state index in [-0.39, 0.29) is 0 Å². The molecule has 2 heterocycles. The number of thiocarbonyl (C=S) groups is 1. The Balaban J connectivity index is 1.81. The lowest BCUT2D eigenvalue weighted by Gasteiger charge is -2.26. The van der Waals surface area contributed by atoms with Crippen LogP contribution in [0.2, 0.25) is 0 Å². The number of aromatic nitrogens is 1. The normalized spacial score (nSPS) is 16.4. The van der Waals surface area contributed by atoms with Crippen molar-refractivity contribution in [3.63, 3.8) is 0 Å². The lowest BCUT2D eigenvalue weighted by atomic mass is 10.0. The van der Waals surface area contributed by atoms with Crippen LogP contribution in [-0.2, 0) is 6.42 Å². The van der Waals surface area contributed by atoms with Crippen LogP contribution in [0.5, 0.6) is 11.5 Å². The van der Waals surface area contributed by atoms with Gasteiger partial charge >= 0.3 is 6.09 Å². The predicted octanol–water partition coefficient (Wildman–Crippen LogP) is 2.81. The molecule has 6 nitrogen and oxygen atoms in total. The molecule has 112 valence electrons. The summed E-state index contributed by atoms with van der Waals surface area (Å²) in [5, 5.41) is 14.2. The van der Waals surface area contributed by atoms with E-state index < -0.39 is 12.1 Å². The number of carboxylic acid groups (broad SMARTS) is 1. The van der Waals surface area contributed by atoms with Crippen LogP contribution < -0.4 is 15.4 Å². The van der Waals surface area contributed by atoms with Crippen molar-refractivity contribution in [1.82, 2.24) is 10.3 Å². The van der Waals surface area contributed by atoms with Crippen molar-refractivity contribution in [3.05, 3.63) is 48.2 Å². The van der Waals surface area contributed by atoms with Gasteiger partial charge in [-0.1, -0.05) is 30.4 Å². The van der Waals surface area contributed by atoms with Gasteiger partial charge in [-0.15, -0.1) is 0 Å². The van der Waals surface area contributed by atoms with Gasteiger partial charge in [-0.3, -0.25) is 0 Å². The molecular formula is C15H13N3O3S. The second-order valence-corrected chi connectivity index (χ2v) is 5.23. The molecule has 1 aliphatic heterocycles. The number of nitrogens with one attached hydrogen (secondary N) is 2. The second-order valence-electron chi connectivity index (χ2n) is 4.79. The van der Waals surface area contributed by atoms with Gasteiger partial charge in [0.05, 0.1) is 12.2 Å². The highest BCUT2D eigenvalue weighted by molar-refractivity contribution is 7.80. The summed E-state index contributed by atoms with van der Waals surface area (Å²) in [6.07, 6.45) is 0.932. The minimum absolute atomic E-state index is 0.416. The fourth-order valence-electron chi connectivity index (χ4n) is 2.22. The minimum atomic E-state index is -1.11. The first kappa shape index (κ1) is 14.3. The summed E-state index contributed by atoms with van der Waals surface area (Å²) in [6, 6.07) is 10.7. The molecule has 1 aromatic heterocycles. The number of amides is 1.